The van der Waals surface area contributed by atoms with E-state index in [4.69, 9.17) is 0 Å². The fourth-order valence-electron chi connectivity index (χ4n) is 2.65. The highest BCUT2D eigenvalue weighted by Gasteiger charge is 2.19. The van der Waals surface area contributed by atoms with E-state index in [1.165, 1.54) is 6.07 Å². The molecule has 0 bridgehead atoms. The highest BCUT2D eigenvalue weighted by Crippen LogP contribution is 2.20. The molecule has 1 aliphatic heterocycles. The molecule has 0 aliphatic carbocycles. The molecule has 0 radical (unpaired) electrons. The topological polar surface area (TPSA) is 39.3 Å². The van der Waals surface area contributed by atoms with Gasteiger partial charge in [-0.25, -0.2) is 4.39 Å². The van der Waals surface area contributed by atoms with Crippen molar-refractivity contribution in [3.63, 3.8) is 0 Å². The second kappa shape index (κ2) is 4.71. The molecule has 1 fully saturated rings. The number of nitrogens with one attached hydrogen (secondary N) is 1. The van der Waals surface area contributed by atoms with Gasteiger partial charge in [0.25, 0.3) is 0 Å². The van der Waals surface area contributed by atoms with Crippen LogP contribution in [0.4, 0.5) is 4.39 Å². The van der Waals surface area contributed by atoms with Gasteiger partial charge < -0.3 is 15.0 Å². The second-order valence-corrected chi connectivity index (χ2v) is 5.00. The number of aliphatic hydroxyl groups is 1. The number of H-pyrrole nitrogens is 1. The molecule has 4 heteroatoms. The monoisotopic (exact) mass is 248 g/mol. The Labute approximate surface area is 105 Å². The van der Waals surface area contributed by atoms with Crippen LogP contribution in [0.1, 0.15) is 12.0 Å². The minimum atomic E-state index is -0.194. The van der Waals surface area contributed by atoms with Crippen LogP contribution in [0.5, 0.6) is 0 Å². The Morgan fingerprint density at radius 2 is 2.33 bits per heavy atom. The number of fused-ring (bicyclic) bond motifs is 1. The normalized spacial score (nSPS) is 20.9. The minimum absolute atomic E-state index is 0.176. The molecule has 1 aromatic carbocycles. The second-order valence-electron chi connectivity index (χ2n) is 5.00. The van der Waals surface area contributed by atoms with Gasteiger partial charge in [0.1, 0.15) is 5.82 Å². The number of aromatic nitrogens is 1. The van der Waals surface area contributed by atoms with E-state index in [9.17, 15) is 9.50 Å². The Hall–Kier alpha value is -1.39. The van der Waals surface area contributed by atoms with Crippen LogP contribution in [-0.4, -0.2) is 40.7 Å². The van der Waals surface area contributed by atoms with Crippen molar-refractivity contribution in [1.29, 1.82) is 0 Å². The van der Waals surface area contributed by atoms with E-state index in [0.717, 1.165) is 48.9 Å². The smallest absolute Gasteiger partial charge is 0.123 e. The number of likely N-dealkylation sites (tertiary alicyclic amines) is 1. The number of rotatable bonds is 3. The Balaban J connectivity index is 1.72. The van der Waals surface area contributed by atoms with E-state index in [0.29, 0.717) is 0 Å². The van der Waals surface area contributed by atoms with Crippen LogP contribution >= 0.6 is 0 Å². The number of aromatic amines is 1. The Bertz CT molecular complexity index is 552. The predicted molar refractivity (Wildman–Crippen MR) is 69.0 cm³/mol. The van der Waals surface area contributed by atoms with Crippen LogP contribution in [0.2, 0.25) is 0 Å². The molecule has 0 amide bonds. The summed E-state index contributed by atoms with van der Waals surface area (Å²) in [4.78, 5) is 5.42. The predicted octanol–water partition coefficient (Wildman–Crippen LogP) is 1.92. The first-order chi connectivity index (χ1) is 8.72. The van der Waals surface area contributed by atoms with E-state index in [1.807, 2.05) is 6.20 Å². The van der Waals surface area contributed by atoms with Crippen molar-refractivity contribution >= 4 is 10.9 Å². The van der Waals surface area contributed by atoms with Crippen LogP contribution in [0.15, 0.2) is 24.4 Å². The van der Waals surface area contributed by atoms with Crippen molar-refractivity contribution in [3.8, 4) is 0 Å². The van der Waals surface area contributed by atoms with Gasteiger partial charge in [-0.2, -0.15) is 0 Å². The molecule has 1 aromatic heterocycles. The summed E-state index contributed by atoms with van der Waals surface area (Å²) in [7, 11) is 0. The third-order valence-corrected chi connectivity index (χ3v) is 3.67. The van der Waals surface area contributed by atoms with Gasteiger partial charge in [0.2, 0.25) is 0 Å². The van der Waals surface area contributed by atoms with E-state index < -0.39 is 0 Å². The maximum atomic E-state index is 13.2. The zero-order valence-electron chi connectivity index (χ0n) is 10.2. The van der Waals surface area contributed by atoms with Gasteiger partial charge in [-0.1, -0.05) is 0 Å². The van der Waals surface area contributed by atoms with Gasteiger partial charge in [0.15, 0.2) is 0 Å². The highest BCUT2D eigenvalue weighted by molar-refractivity contribution is 5.83. The standard InChI is InChI=1S/C14H17FN2O/c15-11-1-2-14-13(7-11)10(8-16-14)3-5-17-6-4-12(18)9-17/h1-2,7-8,12,16,18H,3-6,9H2. The van der Waals surface area contributed by atoms with Crippen LogP contribution in [-0.2, 0) is 6.42 Å². The largest absolute Gasteiger partial charge is 0.392 e. The maximum Gasteiger partial charge on any atom is 0.123 e. The molecule has 0 spiro atoms. The van der Waals surface area contributed by atoms with Crippen molar-refractivity contribution in [3.05, 3.63) is 35.8 Å². The van der Waals surface area contributed by atoms with E-state index >= 15 is 0 Å². The van der Waals surface area contributed by atoms with Gasteiger partial charge in [-0.05, 0) is 36.6 Å². The molecule has 1 unspecified atom stereocenters. The molecule has 0 saturated carbocycles. The SMILES string of the molecule is OC1CCN(CCc2c[nH]c3ccc(F)cc23)C1. The van der Waals surface area contributed by atoms with Crippen molar-refractivity contribution in [2.75, 3.05) is 19.6 Å². The van der Waals surface area contributed by atoms with Gasteiger partial charge in [0, 0.05) is 36.7 Å². The van der Waals surface area contributed by atoms with Gasteiger partial charge in [-0.3, -0.25) is 0 Å². The van der Waals surface area contributed by atoms with Crippen LogP contribution in [0.3, 0.4) is 0 Å². The summed E-state index contributed by atoms with van der Waals surface area (Å²) in [5, 5.41) is 10.4. The number of halogens is 1. The zero-order valence-corrected chi connectivity index (χ0v) is 10.2. The Morgan fingerprint density at radius 1 is 1.44 bits per heavy atom. The molecule has 2 N–H and O–H groups in total. The summed E-state index contributed by atoms with van der Waals surface area (Å²) < 4.78 is 13.2. The van der Waals surface area contributed by atoms with Crippen molar-refractivity contribution in [2.45, 2.75) is 18.9 Å². The Kier molecular flexibility index (Phi) is 3.06. The molecule has 1 atom stereocenters. The number of aliphatic hydroxyl groups excluding tert-OH is 1. The summed E-state index contributed by atoms with van der Waals surface area (Å²) >= 11 is 0. The third kappa shape index (κ3) is 2.26. The molecule has 18 heavy (non-hydrogen) atoms. The lowest BCUT2D eigenvalue weighted by atomic mass is 10.1. The van der Waals surface area contributed by atoms with E-state index in [-0.39, 0.29) is 11.9 Å². The van der Waals surface area contributed by atoms with E-state index in [2.05, 4.69) is 9.88 Å². The molecular weight excluding hydrogens is 231 g/mol. The van der Waals surface area contributed by atoms with Gasteiger partial charge in [-0.15, -0.1) is 0 Å². The van der Waals surface area contributed by atoms with Gasteiger partial charge >= 0.3 is 0 Å². The van der Waals surface area contributed by atoms with Crippen molar-refractivity contribution in [2.24, 2.45) is 0 Å². The fourth-order valence-corrected chi connectivity index (χ4v) is 2.65. The van der Waals surface area contributed by atoms with Crippen molar-refractivity contribution in [1.82, 2.24) is 9.88 Å². The highest BCUT2D eigenvalue weighted by atomic mass is 19.1. The minimum Gasteiger partial charge on any atom is -0.392 e. The zero-order chi connectivity index (χ0) is 12.5. The number of hydrogen-bond donors (Lipinski definition) is 2. The average molecular weight is 248 g/mol. The molecule has 3 rings (SSSR count). The first-order valence-corrected chi connectivity index (χ1v) is 6.38. The summed E-state index contributed by atoms with van der Waals surface area (Å²) in [6.07, 6.45) is 3.53. The molecule has 3 nitrogen and oxygen atoms in total. The lowest BCUT2D eigenvalue weighted by Crippen LogP contribution is -2.24. The summed E-state index contributed by atoms with van der Waals surface area (Å²) in [5.74, 6) is -0.194. The molecule has 2 heterocycles. The maximum absolute atomic E-state index is 13.2. The molecule has 2 aromatic rings. The van der Waals surface area contributed by atoms with Crippen molar-refractivity contribution < 1.29 is 9.50 Å². The first kappa shape index (κ1) is 11.7. The molecule has 1 saturated heterocycles. The number of nitrogens with zero attached hydrogens (tertiary/aromatic N) is 1. The molecule has 1 aliphatic rings. The van der Waals surface area contributed by atoms with Crippen LogP contribution in [0.25, 0.3) is 10.9 Å². The Morgan fingerprint density at radius 3 is 3.11 bits per heavy atom. The van der Waals surface area contributed by atoms with Crippen LogP contribution in [0, 0.1) is 5.82 Å². The lowest BCUT2D eigenvalue weighted by molar-refractivity contribution is 0.177. The van der Waals surface area contributed by atoms with Crippen LogP contribution < -0.4 is 0 Å². The third-order valence-electron chi connectivity index (χ3n) is 3.67. The lowest BCUT2D eigenvalue weighted by Gasteiger charge is -2.14. The summed E-state index contributed by atoms with van der Waals surface area (Å²) in [6, 6.07) is 4.83. The first-order valence-electron chi connectivity index (χ1n) is 6.38. The number of hydrogen-bond acceptors (Lipinski definition) is 2. The quantitative estimate of drug-likeness (QED) is 0.871. The summed E-state index contributed by atoms with van der Waals surface area (Å²) in [6.45, 7) is 2.63. The molecule has 96 valence electrons. The average Bonchev–Trinajstić information content (AvgIpc) is 2.93. The summed E-state index contributed by atoms with van der Waals surface area (Å²) in [5.41, 5.74) is 2.12. The number of β-amino-alcohol motifs (C(OH)–C–C–N with tert-alkyl or cyclic N) is 1. The molecular formula is C14H17FN2O. The number of benzene rings is 1. The van der Waals surface area contributed by atoms with E-state index in [1.54, 1.807) is 12.1 Å². The fraction of sp³-hybridized carbons (Fsp3) is 0.429. The van der Waals surface area contributed by atoms with Gasteiger partial charge in [0.05, 0.1) is 6.10 Å².